The second-order valence-corrected chi connectivity index (χ2v) is 4.26. The summed E-state index contributed by atoms with van der Waals surface area (Å²) in [4.78, 5) is 0. The highest BCUT2D eigenvalue weighted by molar-refractivity contribution is 7.80. The Bertz CT molecular complexity index is 93.8. The van der Waals surface area contributed by atoms with Gasteiger partial charge in [-0.05, 0) is 30.4 Å². The van der Waals surface area contributed by atoms with Crippen molar-refractivity contribution in [2.45, 2.75) is 33.6 Å². The van der Waals surface area contributed by atoms with Crippen molar-refractivity contribution in [1.82, 2.24) is 0 Å². The SMILES string of the molecule is CC(C)CCCOCC(C)CS. The summed E-state index contributed by atoms with van der Waals surface area (Å²) < 4.78 is 5.49. The molecule has 0 rings (SSSR count). The van der Waals surface area contributed by atoms with E-state index in [9.17, 15) is 0 Å². The second kappa shape index (κ2) is 7.93. The molecule has 0 bridgehead atoms. The van der Waals surface area contributed by atoms with Crippen LogP contribution in [0.25, 0.3) is 0 Å². The minimum Gasteiger partial charge on any atom is -0.381 e. The summed E-state index contributed by atoms with van der Waals surface area (Å²) in [6.45, 7) is 8.43. The number of rotatable bonds is 7. The maximum absolute atomic E-state index is 5.49. The van der Waals surface area contributed by atoms with Crippen LogP contribution in [0.1, 0.15) is 33.6 Å². The maximum atomic E-state index is 5.49. The molecule has 74 valence electrons. The molecule has 0 radical (unpaired) electrons. The Morgan fingerprint density at radius 3 is 2.42 bits per heavy atom. The van der Waals surface area contributed by atoms with Gasteiger partial charge in [-0.15, -0.1) is 0 Å². The second-order valence-electron chi connectivity index (χ2n) is 3.90. The number of hydrogen-bond acceptors (Lipinski definition) is 2. The molecule has 0 fully saturated rings. The molecular formula is C10H22OS. The van der Waals surface area contributed by atoms with Gasteiger partial charge in [-0.25, -0.2) is 0 Å². The van der Waals surface area contributed by atoms with Crippen LogP contribution in [0, 0.1) is 11.8 Å². The van der Waals surface area contributed by atoms with E-state index in [4.69, 9.17) is 4.74 Å². The van der Waals surface area contributed by atoms with E-state index in [0.717, 1.165) is 24.9 Å². The molecule has 0 aliphatic rings. The minimum absolute atomic E-state index is 0.590. The minimum atomic E-state index is 0.590. The van der Waals surface area contributed by atoms with Gasteiger partial charge in [-0.1, -0.05) is 20.8 Å². The molecular weight excluding hydrogens is 168 g/mol. The summed E-state index contributed by atoms with van der Waals surface area (Å²) in [5.41, 5.74) is 0. The van der Waals surface area contributed by atoms with Gasteiger partial charge in [0.1, 0.15) is 0 Å². The average Bonchev–Trinajstić information content (AvgIpc) is 2.03. The van der Waals surface area contributed by atoms with Crippen molar-refractivity contribution < 1.29 is 4.74 Å². The zero-order valence-corrected chi connectivity index (χ0v) is 9.44. The summed E-state index contributed by atoms with van der Waals surface area (Å²) >= 11 is 4.19. The zero-order chi connectivity index (χ0) is 9.40. The Morgan fingerprint density at radius 2 is 1.92 bits per heavy atom. The van der Waals surface area contributed by atoms with Crippen molar-refractivity contribution in [3.8, 4) is 0 Å². The summed E-state index contributed by atoms with van der Waals surface area (Å²) in [5.74, 6) is 2.31. The predicted octanol–water partition coefficient (Wildman–Crippen LogP) is 3.01. The molecule has 0 aliphatic heterocycles. The molecule has 12 heavy (non-hydrogen) atoms. The first-order valence-corrected chi connectivity index (χ1v) is 5.48. The quantitative estimate of drug-likeness (QED) is 0.479. The Morgan fingerprint density at radius 1 is 1.25 bits per heavy atom. The lowest BCUT2D eigenvalue weighted by atomic mass is 10.1. The monoisotopic (exact) mass is 190 g/mol. The van der Waals surface area contributed by atoms with E-state index in [2.05, 4.69) is 33.4 Å². The number of hydrogen-bond donors (Lipinski definition) is 1. The van der Waals surface area contributed by atoms with Crippen LogP contribution in [0.4, 0.5) is 0 Å². The third-order valence-electron chi connectivity index (χ3n) is 1.78. The van der Waals surface area contributed by atoms with Crippen molar-refractivity contribution >= 4 is 12.6 Å². The van der Waals surface area contributed by atoms with Crippen LogP contribution in [0.2, 0.25) is 0 Å². The van der Waals surface area contributed by atoms with Crippen LogP contribution >= 0.6 is 12.6 Å². The standard InChI is InChI=1S/C10H22OS/c1-9(2)5-4-6-11-7-10(3)8-12/h9-10,12H,4-8H2,1-3H3. The van der Waals surface area contributed by atoms with Crippen molar-refractivity contribution in [3.05, 3.63) is 0 Å². The molecule has 0 saturated carbocycles. The third-order valence-corrected chi connectivity index (χ3v) is 2.41. The lowest BCUT2D eigenvalue weighted by Gasteiger charge is -2.09. The van der Waals surface area contributed by atoms with E-state index in [1.165, 1.54) is 12.8 Å². The van der Waals surface area contributed by atoms with Crippen molar-refractivity contribution in [2.24, 2.45) is 11.8 Å². The van der Waals surface area contributed by atoms with E-state index in [1.807, 2.05) is 0 Å². The molecule has 0 spiro atoms. The first-order valence-electron chi connectivity index (χ1n) is 4.85. The number of ether oxygens (including phenoxy) is 1. The van der Waals surface area contributed by atoms with Crippen LogP contribution in [0.15, 0.2) is 0 Å². The summed E-state index contributed by atoms with van der Waals surface area (Å²) in [7, 11) is 0. The Labute approximate surface area is 82.3 Å². The topological polar surface area (TPSA) is 9.23 Å². The fraction of sp³-hybridized carbons (Fsp3) is 1.00. The highest BCUT2D eigenvalue weighted by Gasteiger charge is 1.99. The van der Waals surface area contributed by atoms with Crippen LogP contribution in [0.5, 0.6) is 0 Å². The molecule has 1 nitrogen and oxygen atoms in total. The maximum Gasteiger partial charge on any atom is 0.0499 e. The van der Waals surface area contributed by atoms with Gasteiger partial charge in [-0.2, -0.15) is 12.6 Å². The first kappa shape index (κ1) is 12.3. The smallest absolute Gasteiger partial charge is 0.0499 e. The molecule has 0 aromatic carbocycles. The molecule has 1 unspecified atom stereocenters. The number of thiol groups is 1. The van der Waals surface area contributed by atoms with E-state index >= 15 is 0 Å². The van der Waals surface area contributed by atoms with E-state index in [1.54, 1.807) is 0 Å². The molecule has 0 aliphatic carbocycles. The molecule has 0 saturated heterocycles. The highest BCUT2D eigenvalue weighted by Crippen LogP contribution is 2.04. The predicted molar refractivity (Wildman–Crippen MR) is 57.9 cm³/mol. The molecule has 0 aromatic heterocycles. The van der Waals surface area contributed by atoms with Gasteiger partial charge >= 0.3 is 0 Å². The Balaban J connectivity index is 3.00. The van der Waals surface area contributed by atoms with Gasteiger partial charge < -0.3 is 4.74 Å². The van der Waals surface area contributed by atoms with Crippen LogP contribution in [0.3, 0.4) is 0 Å². The molecule has 2 heteroatoms. The molecule has 0 heterocycles. The summed E-state index contributed by atoms with van der Waals surface area (Å²) in [6, 6.07) is 0. The van der Waals surface area contributed by atoms with Crippen molar-refractivity contribution in [2.75, 3.05) is 19.0 Å². The van der Waals surface area contributed by atoms with Gasteiger partial charge in [0.15, 0.2) is 0 Å². The summed E-state index contributed by atoms with van der Waals surface area (Å²) in [6.07, 6.45) is 2.46. The molecule has 0 aromatic rings. The molecule has 1 atom stereocenters. The van der Waals surface area contributed by atoms with Gasteiger partial charge in [0.05, 0.1) is 0 Å². The lowest BCUT2D eigenvalue weighted by Crippen LogP contribution is -2.08. The van der Waals surface area contributed by atoms with Crippen molar-refractivity contribution in [3.63, 3.8) is 0 Å². The van der Waals surface area contributed by atoms with E-state index < -0.39 is 0 Å². The average molecular weight is 190 g/mol. The fourth-order valence-electron chi connectivity index (χ4n) is 0.931. The van der Waals surface area contributed by atoms with Crippen LogP contribution < -0.4 is 0 Å². The summed E-state index contributed by atoms with van der Waals surface area (Å²) in [5, 5.41) is 0. The third kappa shape index (κ3) is 8.41. The van der Waals surface area contributed by atoms with Gasteiger partial charge in [0.25, 0.3) is 0 Å². The lowest BCUT2D eigenvalue weighted by molar-refractivity contribution is 0.106. The Hall–Kier alpha value is 0.310. The molecule has 0 N–H and O–H groups in total. The van der Waals surface area contributed by atoms with Gasteiger partial charge in [0, 0.05) is 13.2 Å². The Kier molecular flexibility index (Phi) is 8.14. The van der Waals surface area contributed by atoms with Gasteiger partial charge in [0.2, 0.25) is 0 Å². The van der Waals surface area contributed by atoms with E-state index in [0.29, 0.717) is 5.92 Å². The fourth-order valence-corrected chi connectivity index (χ4v) is 1.04. The van der Waals surface area contributed by atoms with Crippen molar-refractivity contribution in [1.29, 1.82) is 0 Å². The highest BCUT2D eigenvalue weighted by atomic mass is 32.1. The zero-order valence-electron chi connectivity index (χ0n) is 8.55. The van der Waals surface area contributed by atoms with Crippen LogP contribution in [-0.4, -0.2) is 19.0 Å². The van der Waals surface area contributed by atoms with Crippen LogP contribution in [-0.2, 0) is 4.74 Å². The molecule has 0 amide bonds. The normalized spacial score (nSPS) is 13.8. The first-order chi connectivity index (χ1) is 5.66. The van der Waals surface area contributed by atoms with Gasteiger partial charge in [-0.3, -0.25) is 0 Å². The largest absolute Gasteiger partial charge is 0.381 e. The van der Waals surface area contributed by atoms with E-state index in [-0.39, 0.29) is 0 Å².